The molecule has 0 saturated carbocycles. The number of carbonyl (C=O) groups is 1. The van der Waals surface area contributed by atoms with E-state index in [4.69, 9.17) is 4.74 Å². The van der Waals surface area contributed by atoms with E-state index in [9.17, 15) is 13.2 Å². The number of carbonyl (C=O) groups excluding carboxylic acids is 1. The zero-order chi connectivity index (χ0) is 16.5. The molecule has 1 aliphatic heterocycles. The van der Waals surface area contributed by atoms with E-state index in [0.29, 0.717) is 5.56 Å². The van der Waals surface area contributed by atoms with Crippen molar-refractivity contribution in [1.29, 1.82) is 0 Å². The van der Waals surface area contributed by atoms with Crippen LogP contribution < -0.4 is 0 Å². The van der Waals surface area contributed by atoms with Crippen molar-refractivity contribution in [3.05, 3.63) is 33.4 Å². The predicted molar refractivity (Wildman–Crippen MR) is 93.5 cm³/mol. The Morgan fingerprint density at radius 3 is 2.41 bits per heavy atom. The standard InChI is InChI=1S/C15H20INO4S/c1-15(2,3)21-14(18)17-8-9-22(19,20)13(10-17)11-4-6-12(16)7-5-11/h4-7,13H,8-10H2,1-3H3. The quantitative estimate of drug-likeness (QED) is 0.634. The fraction of sp³-hybridized carbons (Fsp3) is 0.533. The van der Waals surface area contributed by atoms with Crippen LogP contribution in [0.5, 0.6) is 0 Å². The van der Waals surface area contributed by atoms with E-state index in [1.54, 1.807) is 20.8 Å². The number of hydrogen-bond donors (Lipinski definition) is 0. The average molecular weight is 437 g/mol. The van der Waals surface area contributed by atoms with Crippen molar-refractivity contribution in [2.45, 2.75) is 31.6 Å². The fourth-order valence-corrected chi connectivity index (χ4v) is 4.37. The lowest BCUT2D eigenvalue weighted by Gasteiger charge is -2.34. The summed E-state index contributed by atoms with van der Waals surface area (Å²) in [6.45, 7) is 5.70. The summed E-state index contributed by atoms with van der Waals surface area (Å²) >= 11 is 2.17. The first-order valence-corrected chi connectivity index (χ1v) is 9.83. The summed E-state index contributed by atoms with van der Waals surface area (Å²) in [5.41, 5.74) is 0.125. The Kier molecular flexibility index (Phi) is 5.06. The van der Waals surface area contributed by atoms with Gasteiger partial charge in [0.2, 0.25) is 0 Å². The third kappa shape index (κ3) is 4.34. The number of sulfone groups is 1. The van der Waals surface area contributed by atoms with E-state index in [-0.39, 0.29) is 18.8 Å². The fourth-order valence-electron chi connectivity index (χ4n) is 2.27. The molecule has 2 rings (SSSR count). The van der Waals surface area contributed by atoms with Gasteiger partial charge >= 0.3 is 6.09 Å². The van der Waals surface area contributed by atoms with Gasteiger partial charge in [-0.3, -0.25) is 0 Å². The molecule has 122 valence electrons. The van der Waals surface area contributed by atoms with Crippen molar-refractivity contribution in [3.63, 3.8) is 0 Å². The van der Waals surface area contributed by atoms with Crippen molar-refractivity contribution in [2.24, 2.45) is 0 Å². The Bertz CT molecular complexity index is 649. The summed E-state index contributed by atoms with van der Waals surface area (Å²) in [5, 5.41) is -0.689. The molecule has 1 aliphatic rings. The van der Waals surface area contributed by atoms with Crippen LogP contribution in [0.2, 0.25) is 0 Å². The van der Waals surface area contributed by atoms with Crippen molar-refractivity contribution in [2.75, 3.05) is 18.8 Å². The first-order chi connectivity index (χ1) is 10.1. The van der Waals surface area contributed by atoms with Gasteiger partial charge in [-0.05, 0) is 61.1 Å². The summed E-state index contributed by atoms with van der Waals surface area (Å²) < 4.78 is 31.1. The predicted octanol–water partition coefficient (Wildman–Crippen LogP) is 3.00. The molecule has 22 heavy (non-hydrogen) atoms. The number of nitrogens with zero attached hydrogens (tertiary/aromatic N) is 1. The SMILES string of the molecule is CC(C)(C)OC(=O)N1CCS(=O)(=O)C(c2ccc(I)cc2)C1. The molecule has 1 heterocycles. The number of benzene rings is 1. The minimum atomic E-state index is -3.25. The molecule has 0 N–H and O–H groups in total. The summed E-state index contributed by atoms with van der Waals surface area (Å²) in [5.74, 6) is -0.0388. The first-order valence-electron chi connectivity index (χ1n) is 7.03. The van der Waals surface area contributed by atoms with Gasteiger partial charge in [-0.25, -0.2) is 13.2 Å². The molecule has 1 aromatic rings. The molecule has 0 aliphatic carbocycles. The molecule has 0 aromatic heterocycles. The number of halogens is 1. The highest BCUT2D eigenvalue weighted by atomic mass is 127. The molecule has 1 saturated heterocycles. The van der Waals surface area contributed by atoms with E-state index in [1.165, 1.54) is 4.90 Å². The largest absolute Gasteiger partial charge is 0.444 e. The van der Waals surface area contributed by atoms with Gasteiger partial charge in [0, 0.05) is 16.7 Å². The van der Waals surface area contributed by atoms with Gasteiger partial charge in [-0.2, -0.15) is 0 Å². The van der Waals surface area contributed by atoms with Crippen molar-refractivity contribution >= 4 is 38.5 Å². The van der Waals surface area contributed by atoms with Gasteiger partial charge in [-0.15, -0.1) is 0 Å². The second-order valence-corrected chi connectivity index (χ2v) is 9.88. The molecule has 7 heteroatoms. The maximum Gasteiger partial charge on any atom is 0.410 e. The van der Waals surface area contributed by atoms with Crippen molar-refractivity contribution < 1.29 is 17.9 Å². The van der Waals surface area contributed by atoms with Crippen LogP contribution in [0, 0.1) is 3.57 Å². The molecule has 1 aromatic carbocycles. The molecular weight excluding hydrogens is 417 g/mol. The summed E-state index contributed by atoms with van der Waals surface area (Å²) in [4.78, 5) is 13.6. The van der Waals surface area contributed by atoms with Gasteiger partial charge in [0.25, 0.3) is 0 Å². The van der Waals surface area contributed by atoms with Crippen LogP contribution in [-0.2, 0) is 14.6 Å². The van der Waals surface area contributed by atoms with E-state index >= 15 is 0 Å². The molecular formula is C15H20INO4S. The van der Waals surface area contributed by atoms with Gasteiger partial charge in [0.1, 0.15) is 10.9 Å². The van der Waals surface area contributed by atoms with E-state index in [2.05, 4.69) is 22.6 Å². The van der Waals surface area contributed by atoms with E-state index < -0.39 is 26.8 Å². The summed E-state index contributed by atoms with van der Waals surface area (Å²) in [6.07, 6.45) is -0.460. The highest BCUT2D eigenvalue weighted by molar-refractivity contribution is 14.1. The van der Waals surface area contributed by atoms with Crippen LogP contribution in [0.4, 0.5) is 4.79 Å². The van der Waals surface area contributed by atoms with Crippen molar-refractivity contribution in [1.82, 2.24) is 4.90 Å². The summed E-state index contributed by atoms with van der Waals surface area (Å²) in [6, 6.07) is 7.36. The number of amides is 1. The van der Waals surface area contributed by atoms with Gasteiger partial charge in [0.05, 0.1) is 5.75 Å². The third-order valence-electron chi connectivity index (χ3n) is 3.36. The number of hydrogen-bond acceptors (Lipinski definition) is 4. The molecule has 1 amide bonds. The number of rotatable bonds is 1. The zero-order valence-corrected chi connectivity index (χ0v) is 15.8. The Balaban J connectivity index is 2.21. The van der Waals surface area contributed by atoms with Gasteiger partial charge in [0.15, 0.2) is 9.84 Å². The maximum absolute atomic E-state index is 12.3. The third-order valence-corrected chi connectivity index (χ3v) is 6.12. The first kappa shape index (κ1) is 17.5. The lowest BCUT2D eigenvalue weighted by atomic mass is 10.1. The van der Waals surface area contributed by atoms with Crippen LogP contribution in [0.1, 0.15) is 31.6 Å². The molecule has 1 atom stereocenters. The topological polar surface area (TPSA) is 63.7 Å². The van der Waals surface area contributed by atoms with E-state index in [1.807, 2.05) is 24.3 Å². The molecule has 1 unspecified atom stereocenters. The minimum Gasteiger partial charge on any atom is -0.444 e. The van der Waals surface area contributed by atoms with Crippen LogP contribution in [-0.4, -0.2) is 43.9 Å². The molecule has 5 nitrogen and oxygen atoms in total. The molecule has 0 bridgehead atoms. The second kappa shape index (κ2) is 6.35. The van der Waals surface area contributed by atoms with E-state index in [0.717, 1.165) is 3.57 Å². The number of ether oxygens (including phenoxy) is 1. The van der Waals surface area contributed by atoms with Gasteiger partial charge in [-0.1, -0.05) is 12.1 Å². The lowest BCUT2D eigenvalue weighted by Crippen LogP contribution is -2.47. The monoisotopic (exact) mass is 437 g/mol. The maximum atomic E-state index is 12.3. The lowest BCUT2D eigenvalue weighted by molar-refractivity contribution is 0.0253. The Hall–Kier alpha value is -0.830. The zero-order valence-electron chi connectivity index (χ0n) is 12.9. The Labute approximate surface area is 145 Å². The second-order valence-electron chi connectivity index (χ2n) is 6.33. The molecule has 1 fully saturated rings. The highest BCUT2D eigenvalue weighted by Gasteiger charge is 2.37. The van der Waals surface area contributed by atoms with Crippen LogP contribution in [0.15, 0.2) is 24.3 Å². The average Bonchev–Trinajstić information content (AvgIpc) is 2.37. The molecule has 0 spiro atoms. The minimum absolute atomic E-state index is 0.0388. The van der Waals surface area contributed by atoms with Gasteiger partial charge < -0.3 is 9.64 Å². The normalized spacial score (nSPS) is 21.5. The Morgan fingerprint density at radius 2 is 1.86 bits per heavy atom. The molecule has 0 radical (unpaired) electrons. The van der Waals surface area contributed by atoms with Crippen molar-refractivity contribution in [3.8, 4) is 0 Å². The Morgan fingerprint density at radius 1 is 1.27 bits per heavy atom. The van der Waals surface area contributed by atoms with Crippen LogP contribution in [0.25, 0.3) is 0 Å². The highest BCUT2D eigenvalue weighted by Crippen LogP contribution is 2.29. The van der Waals surface area contributed by atoms with Crippen LogP contribution in [0.3, 0.4) is 0 Å². The van der Waals surface area contributed by atoms with Crippen LogP contribution >= 0.6 is 22.6 Å². The summed E-state index contributed by atoms with van der Waals surface area (Å²) in [7, 11) is -3.25. The smallest absolute Gasteiger partial charge is 0.410 e.